The first-order valence-electron chi connectivity index (χ1n) is 5.93. The molecule has 2 rings (SSSR count). The number of nitrogens with zero attached hydrogens (tertiary/aromatic N) is 3. The molecule has 1 amide bonds. The Morgan fingerprint density at radius 3 is 2.75 bits per heavy atom. The zero-order chi connectivity index (χ0) is 11.5. The highest BCUT2D eigenvalue weighted by Gasteiger charge is 2.22. The van der Waals surface area contributed by atoms with Crippen LogP contribution in [-0.2, 0) is 17.6 Å². The van der Waals surface area contributed by atoms with Crippen molar-refractivity contribution >= 4 is 5.91 Å². The van der Waals surface area contributed by atoms with Gasteiger partial charge in [-0.25, -0.2) is 4.68 Å². The van der Waals surface area contributed by atoms with E-state index < -0.39 is 0 Å². The molecule has 2 N–H and O–H groups in total. The molecule has 0 aromatic carbocycles. The summed E-state index contributed by atoms with van der Waals surface area (Å²) in [6.07, 6.45) is 5.93. The van der Waals surface area contributed by atoms with Gasteiger partial charge in [-0.3, -0.25) is 4.79 Å². The van der Waals surface area contributed by atoms with Gasteiger partial charge in [0.25, 0.3) is 0 Å². The fraction of sp³-hybridized carbons (Fsp3) is 0.727. The second-order valence-electron chi connectivity index (χ2n) is 4.36. The van der Waals surface area contributed by atoms with Gasteiger partial charge in [0.1, 0.15) is 0 Å². The minimum atomic E-state index is -0.340. The van der Waals surface area contributed by atoms with Crippen LogP contribution < -0.4 is 5.73 Å². The van der Waals surface area contributed by atoms with E-state index >= 15 is 0 Å². The van der Waals surface area contributed by atoms with Gasteiger partial charge in [-0.05, 0) is 19.3 Å². The minimum absolute atomic E-state index is 0.204. The van der Waals surface area contributed by atoms with Crippen molar-refractivity contribution in [2.45, 2.75) is 51.5 Å². The van der Waals surface area contributed by atoms with Crippen LogP contribution in [0.2, 0.25) is 0 Å². The second-order valence-corrected chi connectivity index (χ2v) is 4.36. The van der Waals surface area contributed by atoms with E-state index in [2.05, 4.69) is 17.2 Å². The highest BCUT2D eigenvalue weighted by Crippen LogP contribution is 2.30. The Labute approximate surface area is 95.0 Å². The average Bonchev–Trinajstić information content (AvgIpc) is 2.84. The maximum absolute atomic E-state index is 10.9. The molecule has 0 unspecified atom stereocenters. The highest BCUT2D eigenvalue weighted by atomic mass is 16.1. The molecule has 0 bridgehead atoms. The molecule has 16 heavy (non-hydrogen) atoms. The lowest BCUT2D eigenvalue weighted by atomic mass is 10.1. The predicted octanol–water partition coefficient (Wildman–Crippen LogP) is 0.983. The van der Waals surface area contributed by atoms with Crippen LogP contribution in [0.1, 0.15) is 50.0 Å². The number of primary amides is 1. The van der Waals surface area contributed by atoms with Crippen LogP contribution >= 0.6 is 0 Å². The number of aromatic nitrogens is 3. The van der Waals surface area contributed by atoms with Gasteiger partial charge < -0.3 is 5.73 Å². The van der Waals surface area contributed by atoms with Crippen molar-refractivity contribution in [3.63, 3.8) is 0 Å². The molecule has 1 fully saturated rings. The summed E-state index contributed by atoms with van der Waals surface area (Å²) in [7, 11) is 0. The highest BCUT2D eigenvalue weighted by molar-refractivity contribution is 5.76. The molecule has 1 aromatic rings. The molecule has 5 nitrogen and oxygen atoms in total. The number of carbonyl (C=O) groups is 1. The first-order valence-corrected chi connectivity index (χ1v) is 5.93. The molecule has 1 aromatic heterocycles. The first-order chi connectivity index (χ1) is 7.72. The van der Waals surface area contributed by atoms with Crippen LogP contribution in [0.3, 0.4) is 0 Å². The van der Waals surface area contributed by atoms with E-state index in [0.29, 0.717) is 6.04 Å². The molecule has 1 aliphatic carbocycles. The summed E-state index contributed by atoms with van der Waals surface area (Å²) in [5.74, 6) is -0.340. The van der Waals surface area contributed by atoms with Gasteiger partial charge in [0.2, 0.25) is 5.91 Å². The molecular weight excluding hydrogens is 204 g/mol. The summed E-state index contributed by atoms with van der Waals surface area (Å²) in [6.45, 7) is 2.06. The Morgan fingerprint density at radius 1 is 1.50 bits per heavy atom. The molecule has 0 radical (unpaired) electrons. The molecule has 0 saturated heterocycles. The maximum atomic E-state index is 10.9. The number of nitrogens with two attached hydrogens (primary N) is 1. The van der Waals surface area contributed by atoms with E-state index in [4.69, 9.17) is 5.73 Å². The number of hydrogen-bond acceptors (Lipinski definition) is 3. The Balaban J connectivity index is 2.24. The van der Waals surface area contributed by atoms with Gasteiger partial charge in [-0.2, -0.15) is 0 Å². The van der Waals surface area contributed by atoms with Crippen LogP contribution in [0, 0.1) is 0 Å². The van der Waals surface area contributed by atoms with Gasteiger partial charge in [0, 0.05) is 0 Å². The number of hydrogen-bond donors (Lipinski definition) is 1. The van der Waals surface area contributed by atoms with Gasteiger partial charge in [-0.15, -0.1) is 5.10 Å². The van der Waals surface area contributed by atoms with Crippen molar-refractivity contribution in [3.8, 4) is 0 Å². The summed E-state index contributed by atoms with van der Waals surface area (Å²) in [5, 5.41) is 8.26. The third-order valence-corrected chi connectivity index (χ3v) is 3.22. The molecule has 1 saturated carbocycles. The molecule has 5 heteroatoms. The first kappa shape index (κ1) is 11.1. The summed E-state index contributed by atoms with van der Waals surface area (Å²) < 4.78 is 2.01. The molecular formula is C11H18N4O. The largest absolute Gasteiger partial charge is 0.369 e. The van der Waals surface area contributed by atoms with E-state index in [0.717, 1.165) is 17.8 Å². The third kappa shape index (κ3) is 2.08. The van der Waals surface area contributed by atoms with E-state index in [1.54, 1.807) is 0 Å². The standard InChI is InChI=1S/C11H18N4O/c1-2-10-9(7-11(12)16)13-14-15(10)8-5-3-4-6-8/h8H,2-7H2,1H3,(H2,12,16). The molecule has 0 atom stereocenters. The monoisotopic (exact) mass is 222 g/mol. The number of carbonyl (C=O) groups excluding carboxylic acids is 1. The number of amides is 1. The maximum Gasteiger partial charge on any atom is 0.223 e. The second kappa shape index (κ2) is 4.63. The van der Waals surface area contributed by atoms with Crippen LogP contribution in [0.15, 0.2) is 0 Å². The zero-order valence-corrected chi connectivity index (χ0v) is 9.65. The van der Waals surface area contributed by atoms with Crippen LogP contribution in [-0.4, -0.2) is 20.9 Å². The van der Waals surface area contributed by atoms with Crippen LogP contribution in [0.4, 0.5) is 0 Å². The summed E-state index contributed by atoms with van der Waals surface area (Å²) in [5.41, 5.74) is 7.02. The lowest BCUT2D eigenvalue weighted by Crippen LogP contribution is -2.16. The Hall–Kier alpha value is -1.39. The van der Waals surface area contributed by atoms with Crippen molar-refractivity contribution in [2.24, 2.45) is 5.73 Å². The summed E-state index contributed by atoms with van der Waals surface area (Å²) in [6, 6.07) is 0.476. The third-order valence-electron chi connectivity index (χ3n) is 3.22. The van der Waals surface area contributed by atoms with Gasteiger partial charge in [0.05, 0.1) is 23.9 Å². The van der Waals surface area contributed by atoms with Crippen molar-refractivity contribution < 1.29 is 4.79 Å². The van der Waals surface area contributed by atoms with Gasteiger partial charge in [-0.1, -0.05) is 25.0 Å². The smallest absolute Gasteiger partial charge is 0.223 e. The number of rotatable bonds is 4. The van der Waals surface area contributed by atoms with E-state index in [1.807, 2.05) is 4.68 Å². The van der Waals surface area contributed by atoms with Gasteiger partial charge in [0.15, 0.2) is 0 Å². The van der Waals surface area contributed by atoms with Crippen molar-refractivity contribution in [1.29, 1.82) is 0 Å². The Morgan fingerprint density at radius 2 is 2.19 bits per heavy atom. The molecule has 1 heterocycles. The average molecular weight is 222 g/mol. The fourth-order valence-electron chi connectivity index (χ4n) is 2.46. The zero-order valence-electron chi connectivity index (χ0n) is 9.65. The Bertz CT molecular complexity index is 379. The van der Waals surface area contributed by atoms with Crippen molar-refractivity contribution in [2.75, 3.05) is 0 Å². The summed E-state index contributed by atoms with van der Waals surface area (Å²) in [4.78, 5) is 10.9. The quantitative estimate of drug-likeness (QED) is 0.825. The van der Waals surface area contributed by atoms with Crippen LogP contribution in [0.25, 0.3) is 0 Å². The summed E-state index contributed by atoms with van der Waals surface area (Å²) >= 11 is 0. The lowest BCUT2D eigenvalue weighted by molar-refractivity contribution is -0.117. The van der Waals surface area contributed by atoms with E-state index in [-0.39, 0.29) is 12.3 Å². The van der Waals surface area contributed by atoms with Crippen molar-refractivity contribution in [3.05, 3.63) is 11.4 Å². The molecule has 1 aliphatic rings. The van der Waals surface area contributed by atoms with Gasteiger partial charge >= 0.3 is 0 Å². The Kier molecular flexibility index (Phi) is 3.22. The molecule has 88 valence electrons. The normalized spacial score (nSPS) is 16.8. The van der Waals surface area contributed by atoms with Crippen LogP contribution in [0.5, 0.6) is 0 Å². The fourth-order valence-corrected chi connectivity index (χ4v) is 2.46. The predicted molar refractivity (Wildman–Crippen MR) is 59.8 cm³/mol. The lowest BCUT2D eigenvalue weighted by Gasteiger charge is -2.12. The topological polar surface area (TPSA) is 73.8 Å². The minimum Gasteiger partial charge on any atom is -0.369 e. The van der Waals surface area contributed by atoms with Crippen molar-refractivity contribution in [1.82, 2.24) is 15.0 Å². The SMILES string of the molecule is CCc1c(CC(N)=O)nnn1C1CCCC1. The van der Waals surface area contributed by atoms with E-state index in [9.17, 15) is 4.79 Å². The molecule has 0 spiro atoms. The molecule has 0 aliphatic heterocycles. The van der Waals surface area contributed by atoms with E-state index in [1.165, 1.54) is 25.7 Å².